The number of nitrogens with one attached hydrogen (secondary N) is 2. The third-order valence-electron chi connectivity index (χ3n) is 5.05. The predicted molar refractivity (Wildman–Crippen MR) is 127 cm³/mol. The molecule has 1 aromatic rings. The van der Waals surface area contributed by atoms with E-state index < -0.39 is 48.4 Å². The van der Waals surface area contributed by atoms with Crippen molar-refractivity contribution < 1.29 is 34.4 Å². The lowest BCUT2D eigenvalue weighted by Crippen LogP contribution is -2.57. The van der Waals surface area contributed by atoms with E-state index in [-0.39, 0.29) is 13.2 Å². The number of rotatable bonds is 12. The zero-order valence-electron chi connectivity index (χ0n) is 17.5. The summed E-state index contributed by atoms with van der Waals surface area (Å²) in [6, 6.07) is 6.55. The van der Waals surface area contributed by atoms with Gasteiger partial charge in [-0.3, -0.25) is 15.0 Å². The zero-order valence-corrected chi connectivity index (χ0v) is 20.7. The lowest BCUT2D eigenvalue weighted by Gasteiger charge is -2.31. The fourth-order valence-corrected chi connectivity index (χ4v) is 3.78. The Balaban J connectivity index is 2.22. The average molecular weight is 593 g/mol. The molecule has 0 fully saturated rings. The molecule has 0 heterocycles. The van der Waals surface area contributed by atoms with Crippen molar-refractivity contribution in [2.75, 3.05) is 13.2 Å². The van der Waals surface area contributed by atoms with Crippen molar-refractivity contribution in [3.8, 4) is 0 Å². The van der Waals surface area contributed by atoms with Crippen LogP contribution in [0.15, 0.2) is 46.4 Å². The lowest BCUT2D eigenvalue weighted by molar-refractivity contribution is -0.165. The van der Waals surface area contributed by atoms with E-state index in [2.05, 4.69) is 37.2 Å². The molecule has 0 radical (unpaired) electrons. The highest BCUT2D eigenvalue weighted by Gasteiger charge is 2.42. The van der Waals surface area contributed by atoms with Gasteiger partial charge in [0.1, 0.15) is 12.2 Å². The van der Waals surface area contributed by atoms with E-state index >= 15 is 0 Å². The van der Waals surface area contributed by atoms with Crippen LogP contribution in [-0.4, -0.2) is 70.9 Å². The summed E-state index contributed by atoms with van der Waals surface area (Å²) in [5, 5.41) is 34.6. The second-order valence-corrected chi connectivity index (χ2v) is 8.23. The zero-order chi connectivity index (χ0) is 24.4. The number of halogens is 2. The molecule has 0 bridgehead atoms. The third-order valence-corrected chi connectivity index (χ3v) is 5.80. The van der Waals surface area contributed by atoms with E-state index in [1.807, 2.05) is 17.6 Å². The molecule has 7 N–H and O–H groups in total. The summed E-state index contributed by atoms with van der Waals surface area (Å²) in [7, 11) is 0. The number of ether oxygens (including phenoxy) is 2. The first-order valence-electron chi connectivity index (χ1n) is 10.0. The number of hydrogen-bond acceptors (Lipinski definition) is 8. The first-order valence-corrected chi connectivity index (χ1v) is 11.8. The Morgan fingerprint density at radius 3 is 2.15 bits per heavy atom. The number of hydrogen-bond donors (Lipinski definition) is 6. The number of carbonyl (C=O) groups excluding carboxylic acids is 2. The molecular weight excluding hydrogens is 566 g/mol. The van der Waals surface area contributed by atoms with Gasteiger partial charge in [0.15, 0.2) is 12.2 Å². The number of nitrogens with two attached hydrogens (primary N) is 1. The van der Waals surface area contributed by atoms with Crippen molar-refractivity contribution in [1.82, 2.24) is 10.7 Å². The summed E-state index contributed by atoms with van der Waals surface area (Å²) in [5.41, 5.74) is 3.50. The Kier molecular flexibility index (Phi) is 11.6. The van der Waals surface area contributed by atoms with Crippen LogP contribution in [0.3, 0.4) is 0 Å². The van der Waals surface area contributed by atoms with Crippen molar-refractivity contribution in [3.05, 3.63) is 57.5 Å². The van der Waals surface area contributed by atoms with Gasteiger partial charge in [-0.05, 0) is 21.1 Å². The molecule has 0 aliphatic heterocycles. The van der Waals surface area contributed by atoms with Gasteiger partial charge < -0.3 is 30.1 Å². The van der Waals surface area contributed by atoms with Crippen LogP contribution in [0.1, 0.15) is 17.2 Å². The number of hydrazine groups is 1. The van der Waals surface area contributed by atoms with Crippen molar-refractivity contribution in [3.63, 3.8) is 0 Å². The minimum Gasteiger partial charge on any atom is -0.390 e. The molecule has 1 aliphatic carbocycles. The van der Waals surface area contributed by atoms with Gasteiger partial charge in [0.2, 0.25) is 0 Å². The van der Waals surface area contributed by atoms with Gasteiger partial charge >= 0.3 is 0 Å². The van der Waals surface area contributed by atoms with E-state index in [0.29, 0.717) is 6.42 Å². The van der Waals surface area contributed by atoms with Gasteiger partial charge in [-0.25, -0.2) is 5.84 Å². The van der Waals surface area contributed by atoms with Crippen LogP contribution in [-0.2, 0) is 25.5 Å². The van der Waals surface area contributed by atoms with Crippen molar-refractivity contribution >= 4 is 43.7 Å². The average Bonchev–Trinajstić information content (AvgIpc) is 3.13. The first-order chi connectivity index (χ1) is 15.8. The molecule has 0 saturated carbocycles. The molecule has 0 aromatic heterocycles. The van der Waals surface area contributed by atoms with E-state index in [1.54, 1.807) is 12.1 Å². The quantitative estimate of drug-likeness (QED) is 0.113. The molecule has 6 atom stereocenters. The van der Waals surface area contributed by atoms with Crippen molar-refractivity contribution in [2.45, 2.75) is 43.0 Å². The number of aliphatic hydroxyl groups excluding tert-OH is 3. The van der Waals surface area contributed by atoms with Crippen LogP contribution in [0.4, 0.5) is 0 Å². The third kappa shape index (κ3) is 7.42. The molecule has 10 nitrogen and oxygen atoms in total. The molecule has 2 rings (SSSR count). The maximum absolute atomic E-state index is 13.1. The maximum atomic E-state index is 13.1. The Morgan fingerprint density at radius 1 is 1.06 bits per heavy atom. The standard InChI is InChI=1S/C21H27Br2N3O7/c22-7-3-9-32-18(16(28)17(29)19(21(31)26-24)33-10-4-8-23)20(30)25-15-13-6-2-1-5-12(13)11-14(15)27/h1-8,14-19,27-29H,9-11,24H2,(H,25,30)(H,26,31)/b7-3+,8-4+/t14-,15+,16-,17-,18-,19-/m1/s1. The van der Waals surface area contributed by atoms with Gasteiger partial charge in [-0.1, -0.05) is 68.3 Å². The van der Waals surface area contributed by atoms with Crippen LogP contribution in [0.5, 0.6) is 0 Å². The molecule has 1 aliphatic rings. The molecule has 0 saturated heterocycles. The number of amides is 2. The summed E-state index contributed by atoms with van der Waals surface area (Å²) in [6.45, 7) is -0.167. The highest BCUT2D eigenvalue weighted by molar-refractivity contribution is 9.11. The minimum absolute atomic E-state index is 0.0811. The van der Waals surface area contributed by atoms with Crippen LogP contribution in [0, 0.1) is 0 Å². The van der Waals surface area contributed by atoms with Crippen LogP contribution >= 0.6 is 31.9 Å². The van der Waals surface area contributed by atoms with Crippen LogP contribution in [0.25, 0.3) is 0 Å². The summed E-state index contributed by atoms with van der Waals surface area (Å²) in [4.78, 5) is 28.2. The fourth-order valence-electron chi connectivity index (χ4n) is 3.47. The molecule has 182 valence electrons. The lowest BCUT2D eigenvalue weighted by atomic mass is 10.0. The number of benzene rings is 1. The Hall–Kier alpha value is -1.64. The predicted octanol–water partition coefficient (Wildman–Crippen LogP) is 0.0602. The Labute approximate surface area is 208 Å². The topological polar surface area (TPSA) is 163 Å². The van der Waals surface area contributed by atoms with Gasteiger partial charge in [0, 0.05) is 6.42 Å². The van der Waals surface area contributed by atoms with Gasteiger partial charge in [0.05, 0.1) is 25.4 Å². The summed E-state index contributed by atoms with van der Waals surface area (Å²) in [6.07, 6.45) is -4.37. The van der Waals surface area contributed by atoms with Gasteiger partial charge in [-0.15, -0.1) is 0 Å². The maximum Gasteiger partial charge on any atom is 0.265 e. The molecule has 2 amide bonds. The van der Waals surface area contributed by atoms with Crippen molar-refractivity contribution in [2.24, 2.45) is 5.84 Å². The minimum atomic E-state index is -1.86. The molecular formula is C21H27Br2N3O7. The second-order valence-electron chi connectivity index (χ2n) is 7.18. The fraction of sp³-hybridized carbons (Fsp3) is 0.429. The monoisotopic (exact) mass is 591 g/mol. The van der Waals surface area contributed by atoms with E-state index in [0.717, 1.165) is 11.1 Å². The second kappa shape index (κ2) is 13.9. The highest BCUT2D eigenvalue weighted by atomic mass is 79.9. The molecule has 1 aromatic carbocycles. The summed E-state index contributed by atoms with van der Waals surface area (Å²) >= 11 is 6.14. The Bertz CT molecular complexity index is 855. The van der Waals surface area contributed by atoms with Gasteiger partial charge in [0.25, 0.3) is 11.8 Å². The van der Waals surface area contributed by atoms with Crippen LogP contribution in [0.2, 0.25) is 0 Å². The number of carbonyl (C=O) groups is 2. The Morgan fingerprint density at radius 2 is 1.61 bits per heavy atom. The first kappa shape index (κ1) is 27.6. The highest BCUT2D eigenvalue weighted by Crippen LogP contribution is 2.31. The summed E-state index contributed by atoms with van der Waals surface area (Å²) in [5.74, 6) is 3.49. The smallest absolute Gasteiger partial charge is 0.265 e. The number of aliphatic hydroxyl groups is 3. The number of fused-ring (bicyclic) bond motifs is 1. The largest absolute Gasteiger partial charge is 0.390 e. The summed E-state index contributed by atoms with van der Waals surface area (Å²) < 4.78 is 10.8. The molecule has 0 unspecified atom stereocenters. The molecule has 33 heavy (non-hydrogen) atoms. The van der Waals surface area contributed by atoms with Crippen molar-refractivity contribution in [1.29, 1.82) is 0 Å². The van der Waals surface area contributed by atoms with E-state index in [4.69, 9.17) is 15.3 Å². The molecule has 0 spiro atoms. The molecule has 12 heteroatoms. The normalized spacial score (nSPS) is 21.5. The van der Waals surface area contributed by atoms with Crippen LogP contribution < -0.4 is 16.6 Å². The van der Waals surface area contributed by atoms with E-state index in [1.165, 1.54) is 22.1 Å². The van der Waals surface area contributed by atoms with Gasteiger partial charge in [-0.2, -0.15) is 0 Å². The SMILES string of the molecule is NNC(=O)[C@H](OC/C=C/Br)[C@H](O)[C@@H](O)[C@@H](OC/C=C/Br)C(=O)N[C@H]1c2ccccc2C[C@H]1O. The van der Waals surface area contributed by atoms with E-state index in [9.17, 15) is 24.9 Å².